The number of rotatable bonds is 3. The number of benzene rings is 1. The second-order valence-electron chi connectivity index (χ2n) is 5.50. The Morgan fingerprint density at radius 2 is 1.89 bits per heavy atom. The summed E-state index contributed by atoms with van der Waals surface area (Å²) < 4.78 is 5.95. The van der Waals surface area contributed by atoms with Crippen molar-refractivity contribution in [3.8, 4) is 0 Å². The standard InChI is InChI=1S/C15H19NO2/c17-14-10-15(16-14)8-6-13(7-9-15)18-11-12-4-2-1-3-5-12/h1-5,13H,6-11H2,(H,16,17). The van der Waals surface area contributed by atoms with Crippen molar-refractivity contribution >= 4 is 5.91 Å². The first kappa shape index (κ1) is 11.7. The minimum atomic E-state index is 0.129. The molecule has 18 heavy (non-hydrogen) atoms. The maximum atomic E-state index is 11.0. The minimum Gasteiger partial charge on any atom is -0.374 e. The molecule has 96 valence electrons. The van der Waals surface area contributed by atoms with Gasteiger partial charge in [0.05, 0.1) is 12.7 Å². The second-order valence-corrected chi connectivity index (χ2v) is 5.50. The molecule has 0 unspecified atom stereocenters. The van der Waals surface area contributed by atoms with Crippen molar-refractivity contribution < 1.29 is 9.53 Å². The van der Waals surface area contributed by atoms with Gasteiger partial charge in [0.25, 0.3) is 0 Å². The van der Waals surface area contributed by atoms with Gasteiger partial charge in [0.15, 0.2) is 0 Å². The molecular weight excluding hydrogens is 226 g/mol. The van der Waals surface area contributed by atoms with E-state index in [1.165, 1.54) is 5.56 Å². The predicted octanol–water partition coefficient (Wildman–Crippen LogP) is 2.40. The highest BCUT2D eigenvalue weighted by molar-refractivity contribution is 5.84. The van der Waals surface area contributed by atoms with Crippen molar-refractivity contribution in [3.05, 3.63) is 35.9 Å². The van der Waals surface area contributed by atoms with E-state index < -0.39 is 0 Å². The molecule has 1 aromatic carbocycles. The molecule has 0 atom stereocenters. The monoisotopic (exact) mass is 245 g/mol. The van der Waals surface area contributed by atoms with Crippen LogP contribution in [0, 0.1) is 0 Å². The molecule has 0 radical (unpaired) electrons. The summed E-state index contributed by atoms with van der Waals surface area (Å²) >= 11 is 0. The summed E-state index contributed by atoms with van der Waals surface area (Å²) in [5.74, 6) is 0.207. The number of carbonyl (C=O) groups is 1. The molecular formula is C15H19NO2. The van der Waals surface area contributed by atoms with Crippen molar-refractivity contribution in [2.24, 2.45) is 0 Å². The molecule has 1 amide bonds. The molecule has 3 nitrogen and oxygen atoms in total. The van der Waals surface area contributed by atoms with E-state index in [1.54, 1.807) is 0 Å². The Labute approximate surface area is 108 Å². The fourth-order valence-electron chi connectivity index (χ4n) is 2.99. The largest absolute Gasteiger partial charge is 0.374 e. The lowest BCUT2D eigenvalue weighted by molar-refractivity contribution is -0.135. The van der Waals surface area contributed by atoms with E-state index in [9.17, 15) is 4.79 Å². The first-order valence-electron chi connectivity index (χ1n) is 6.72. The molecule has 3 heteroatoms. The fourth-order valence-corrected chi connectivity index (χ4v) is 2.99. The highest BCUT2D eigenvalue weighted by Crippen LogP contribution is 2.37. The third-order valence-electron chi connectivity index (χ3n) is 4.12. The molecule has 1 saturated heterocycles. The van der Waals surface area contributed by atoms with Crippen LogP contribution < -0.4 is 5.32 Å². The molecule has 0 bridgehead atoms. The number of hydrogen-bond acceptors (Lipinski definition) is 2. The third-order valence-corrected chi connectivity index (χ3v) is 4.12. The predicted molar refractivity (Wildman–Crippen MR) is 69.0 cm³/mol. The van der Waals surface area contributed by atoms with Gasteiger partial charge < -0.3 is 10.1 Å². The van der Waals surface area contributed by atoms with Crippen LogP contribution >= 0.6 is 0 Å². The maximum Gasteiger partial charge on any atom is 0.222 e. The van der Waals surface area contributed by atoms with Gasteiger partial charge in [0.1, 0.15) is 0 Å². The summed E-state index contributed by atoms with van der Waals surface area (Å²) in [4.78, 5) is 11.0. The molecule has 1 aliphatic carbocycles. The average molecular weight is 245 g/mol. The van der Waals surface area contributed by atoms with E-state index in [0.717, 1.165) is 32.1 Å². The summed E-state index contributed by atoms with van der Waals surface area (Å²) in [6.45, 7) is 0.699. The van der Waals surface area contributed by atoms with Crippen molar-refractivity contribution in [1.82, 2.24) is 5.32 Å². The zero-order chi connectivity index (χ0) is 12.4. The summed E-state index contributed by atoms with van der Waals surface area (Å²) in [6.07, 6.45) is 5.34. The summed E-state index contributed by atoms with van der Waals surface area (Å²) in [5.41, 5.74) is 1.36. The lowest BCUT2D eigenvalue weighted by Crippen LogP contribution is -2.62. The zero-order valence-electron chi connectivity index (χ0n) is 10.5. The molecule has 1 aromatic rings. The number of hydrogen-bond donors (Lipinski definition) is 1. The number of carbonyl (C=O) groups excluding carboxylic acids is 1. The van der Waals surface area contributed by atoms with Crippen molar-refractivity contribution in [2.75, 3.05) is 0 Å². The minimum absolute atomic E-state index is 0.129. The van der Waals surface area contributed by atoms with Gasteiger partial charge in [0, 0.05) is 12.0 Å². The SMILES string of the molecule is O=C1CC2(CCC(OCc3ccccc3)CC2)N1. The number of amides is 1. The van der Waals surface area contributed by atoms with Gasteiger partial charge in [-0.2, -0.15) is 0 Å². The van der Waals surface area contributed by atoms with E-state index >= 15 is 0 Å². The maximum absolute atomic E-state index is 11.0. The van der Waals surface area contributed by atoms with E-state index in [4.69, 9.17) is 4.74 Å². The third kappa shape index (κ3) is 2.41. The van der Waals surface area contributed by atoms with Crippen LogP contribution in [-0.4, -0.2) is 17.6 Å². The Morgan fingerprint density at radius 1 is 1.22 bits per heavy atom. The molecule has 0 aromatic heterocycles. The van der Waals surface area contributed by atoms with Gasteiger partial charge in [-0.3, -0.25) is 4.79 Å². The summed E-state index contributed by atoms with van der Waals surface area (Å²) in [6, 6.07) is 10.3. The Balaban J connectivity index is 1.45. The lowest BCUT2D eigenvalue weighted by Gasteiger charge is -2.46. The van der Waals surface area contributed by atoms with E-state index in [-0.39, 0.29) is 11.4 Å². The van der Waals surface area contributed by atoms with Gasteiger partial charge in [-0.05, 0) is 31.2 Å². The van der Waals surface area contributed by atoms with Crippen molar-refractivity contribution in [1.29, 1.82) is 0 Å². The molecule has 1 saturated carbocycles. The molecule has 2 aliphatic rings. The van der Waals surface area contributed by atoms with Gasteiger partial charge >= 0.3 is 0 Å². The van der Waals surface area contributed by atoms with Crippen LogP contribution in [0.2, 0.25) is 0 Å². The van der Waals surface area contributed by atoms with E-state index in [0.29, 0.717) is 12.7 Å². The quantitative estimate of drug-likeness (QED) is 0.830. The second kappa shape index (κ2) is 4.73. The molecule has 2 fully saturated rings. The van der Waals surface area contributed by atoms with Crippen LogP contribution in [0.25, 0.3) is 0 Å². The van der Waals surface area contributed by atoms with Crippen molar-refractivity contribution in [2.45, 2.75) is 50.4 Å². The fraction of sp³-hybridized carbons (Fsp3) is 0.533. The molecule has 1 aliphatic heterocycles. The molecule has 1 N–H and O–H groups in total. The van der Waals surface area contributed by atoms with Crippen LogP contribution in [-0.2, 0) is 16.1 Å². The Morgan fingerprint density at radius 3 is 2.50 bits per heavy atom. The Hall–Kier alpha value is -1.35. The van der Waals surface area contributed by atoms with Crippen LogP contribution in [0.4, 0.5) is 0 Å². The lowest BCUT2D eigenvalue weighted by atomic mass is 9.73. The van der Waals surface area contributed by atoms with Crippen LogP contribution in [0.3, 0.4) is 0 Å². The summed E-state index contributed by atoms with van der Waals surface area (Å²) in [7, 11) is 0. The normalized spacial score (nSPS) is 30.9. The topological polar surface area (TPSA) is 38.3 Å². The van der Waals surface area contributed by atoms with E-state index in [1.807, 2.05) is 18.2 Å². The van der Waals surface area contributed by atoms with Crippen molar-refractivity contribution in [3.63, 3.8) is 0 Å². The van der Waals surface area contributed by atoms with Crippen LogP contribution in [0.5, 0.6) is 0 Å². The first-order valence-corrected chi connectivity index (χ1v) is 6.72. The van der Waals surface area contributed by atoms with Gasteiger partial charge in [-0.25, -0.2) is 0 Å². The molecule has 3 rings (SSSR count). The Kier molecular flexibility index (Phi) is 3.08. The molecule has 1 spiro atoms. The van der Waals surface area contributed by atoms with E-state index in [2.05, 4.69) is 17.4 Å². The average Bonchev–Trinajstić information content (AvgIpc) is 2.38. The zero-order valence-corrected chi connectivity index (χ0v) is 10.5. The number of nitrogens with one attached hydrogen (secondary N) is 1. The van der Waals surface area contributed by atoms with Gasteiger partial charge in [-0.15, -0.1) is 0 Å². The van der Waals surface area contributed by atoms with Crippen LogP contribution in [0.1, 0.15) is 37.7 Å². The summed E-state index contributed by atoms with van der Waals surface area (Å²) in [5, 5.41) is 3.06. The number of β-lactam (4-membered cyclic amide) rings is 1. The van der Waals surface area contributed by atoms with Gasteiger partial charge in [0.2, 0.25) is 5.91 Å². The smallest absolute Gasteiger partial charge is 0.222 e. The first-order chi connectivity index (χ1) is 8.76. The van der Waals surface area contributed by atoms with Crippen LogP contribution in [0.15, 0.2) is 30.3 Å². The highest BCUT2D eigenvalue weighted by atomic mass is 16.5. The highest BCUT2D eigenvalue weighted by Gasteiger charge is 2.45. The molecule has 1 heterocycles. The number of ether oxygens (including phenoxy) is 1. The van der Waals surface area contributed by atoms with Gasteiger partial charge in [-0.1, -0.05) is 30.3 Å². The Bertz CT molecular complexity index is 411.